The predicted molar refractivity (Wildman–Crippen MR) is 87.8 cm³/mol. The van der Waals surface area contributed by atoms with E-state index in [1.807, 2.05) is 11.9 Å². The zero-order valence-electron chi connectivity index (χ0n) is 13.4. The highest BCUT2D eigenvalue weighted by atomic mass is 35.5. The molecule has 1 N–H and O–H groups in total. The third kappa shape index (κ3) is 5.11. The molecule has 0 atom stereocenters. The molecule has 0 spiro atoms. The summed E-state index contributed by atoms with van der Waals surface area (Å²) in [5, 5.41) is 11.0. The first kappa shape index (κ1) is 19.1. The number of hydrogen-bond donors (Lipinski definition) is 1. The first-order valence-corrected chi connectivity index (χ1v) is 7.81. The second-order valence-electron chi connectivity index (χ2n) is 5.64. The number of carbonyl (C=O) groups is 1. The van der Waals surface area contributed by atoms with E-state index in [0.29, 0.717) is 13.1 Å². The number of amides is 1. The van der Waals surface area contributed by atoms with E-state index in [2.05, 4.69) is 10.2 Å². The third-order valence-corrected chi connectivity index (χ3v) is 4.07. The molecule has 0 radical (unpaired) electrons. The van der Waals surface area contributed by atoms with E-state index in [1.54, 1.807) is 6.07 Å². The molecular formula is C16H16ClF3N4O. The first-order chi connectivity index (χ1) is 11.7. The van der Waals surface area contributed by atoms with E-state index < -0.39 is 22.7 Å². The Kier molecular flexibility index (Phi) is 5.93. The molecule has 25 heavy (non-hydrogen) atoms. The summed E-state index contributed by atoms with van der Waals surface area (Å²) in [5.74, 6) is -0.767. The lowest BCUT2D eigenvalue weighted by Gasteiger charge is -2.31. The smallest absolute Gasteiger partial charge is 0.374 e. The SMILES string of the molecule is CN1CCN(/C=C(/C#N)C(=O)Nc2ccc(Cl)c(C(F)(F)F)c2)CC1. The lowest BCUT2D eigenvalue weighted by atomic mass is 10.2. The van der Waals surface area contributed by atoms with Crippen molar-refractivity contribution in [1.29, 1.82) is 5.26 Å². The van der Waals surface area contributed by atoms with Gasteiger partial charge in [-0.25, -0.2) is 0 Å². The Labute approximate surface area is 148 Å². The second-order valence-corrected chi connectivity index (χ2v) is 6.05. The number of piperazine rings is 1. The normalized spacial score (nSPS) is 16.5. The minimum absolute atomic E-state index is 0.0822. The Morgan fingerprint density at radius 1 is 1.32 bits per heavy atom. The summed E-state index contributed by atoms with van der Waals surface area (Å²) in [7, 11) is 1.97. The zero-order chi connectivity index (χ0) is 18.6. The molecule has 0 bridgehead atoms. The van der Waals surface area contributed by atoms with Crippen LogP contribution in [0.1, 0.15) is 5.56 Å². The Morgan fingerprint density at radius 2 is 1.96 bits per heavy atom. The van der Waals surface area contributed by atoms with Crippen molar-refractivity contribution >= 4 is 23.2 Å². The highest BCUT2D eigenvalue weighted by molar-refractivity contribution is 6.31. The van der Waals surface area contributed by atoms with Crippen molar-refractivity contribution in [1.82, 2.24) is 9.80 Å². The van der Waals surface area contributed by atoms with Gasteiger partial charge in [-0.1, -0.05) is 11.6 Å². The second kappa shape index (κ2) is 7.76. The van der Waals surface area contributed by atoms with Crippen molar-refractivity contribution in [2.24, 2.45) is 0 Å². The standard InChI is InChI=1S/C16H16ClF3N4O/c1-23-4-6-24(7-5-23)10-11(9-21)15(25)22-12-2-3-14(17)13(8-12)16(18,19)20/h2-3,8,10H,4-7H2,1H3,(H,22,25)/b11-10-. The summed E-state index contributed by atoms with van der Waals surface area (Å²) in [6.45, 7) is 2.91. The van der Waals surface area contributed by atoms with Crippen molar-refractivity contribution in [2.75, 3.05) is 38.5 Å². The van der Waals surface area contributed by atoms with Gasteiger partial charge < -0.3 is 15.1 Å². The molecule has 1 aliphatic rings. The van der Waals surface area contributed by atoms with Gasteiger partial charge in [-0.2, -0.15) is 18.4 Å². The molecule has 0 aliphatic carbocycles. The predicted octanol–water partition coefficient (Wildman–Crippen LogP) is 2.95. The number of rotatable bonds is 3. The number of nitriles is 1. The average Bonchev–Trinajstić information content (AvgIpc) is 2.55. The average molecular weight is 373 g/mol. The largest absolute Gasteiger partial charge is 0.417 e. The van der Waals surface area contributed by atoms with E-state index in [1.165, 1.54) is 12.3 Å². The molecule has 1 heterocycles. The lowest BCUT2D eigenvalue weighted by molar-refractivity contribution is -0.137. The minimum Gasteiger partial charge on any atom is -0.374 e. The van der Waals surface area contributed by atoms with Crippen molar-refractivity contribution in [2.45, 2.75) is 6.18 Å². The van der Waals surface area contributed by atoms with Crippen LogP contribution in [0, 0.1) is 11.3 Å². The number of nitrogens with zero attached hydrogens (tertiary/aromatic N) is 3. The van der Waals surface area contributed by atoms with Crippen LogP contribution in [0.15, 0.2) is 30.0 Å². The number of anilines is 1. The zero-order valence-corrected chi connectivity index (χ0v) is 14.2. The van der Waals surface area contributed by atoms with Crippen LogP contribution in [0.5, 0.6) is 0 Å². The van der Waals surface area contributed by atoms with Crippen LogP contribution in [0.25, 0.3) is 0 Å². The molecule has 0 unspecified atom stereocenters. The van der Waals surface area contributed by atoms with Crippen molar-refractivity contribution in [3.63, 3.8) is 0 Å². The van der Waals surface area contributed by atoms with Crippen LogP contribution < -0.4 is 5.32 Å². The molecular weight excluding hydrogens is 357 g/mol. The maximum absolute atomic E-state index is 12.9. The summed E-state index contributed by atoms with van der Waals surface area (Å²) in [5.41, 5.74) is -1.30. The molecule has 0 saturated carbocycles. The highest BCUT2D eigenvalue weighted by Gasteiger charge is 2.33. The van der Waals surface area contributed by atoms with E-state index in [4.69, 9.17) is 16.9 Å². The number of alkyl halides is 3. The summed E-state index contributed by atoms with van der Waals surface area (Å²) in [6.07, 6.45) is -3.20. The molecule has 1 aliphatic heterocycles. The molecule has 1 fully saturated rings. The van der Waals surface area contributed by atoms with Crippen LogP contribution in [0.3, 0.4) is 0 Å². The van der Waals surface area contributed by atoms with Gasteiger partial charge in [0.25, 0.3) is 5.91 Å². The van der Waals surface area contributed by atoms with Gasteiger partial charge >= 0.3 is 6.18 Å². The maximum atomic E-state index is 12.9. The molecule has 9 heteroatoms. The van der Waals surface area contributed by atoms with Crippen molar-refractivity contribution < 1.29 is 18.0 Å². The van der Waals surface area contributed by atoms with E-state index in [9.17, 15) is 18.0 Å². The van der Waals surface area contributed by atoms with Gasteiger partial charge in [0.15, 0.2) is 0 Å². The molecule has 134 valence electrons. The molecule has 0 aromatic heterocycles. The number of carbonyl (C=O) groups excluding carboxylic acids is 1. The maximum Gasteiger partial charge on any atom is 0.417 e. The number of benzene rings is 1. The van der Waals surface area contributed by atoms with Gasteiger partial charge in [-0.05, 0) is 25.2 Å². The molecule has 1 aromatic carbocycles. The summed E-state index contributed by atoms with van der Waals surface area (Å²) in [4.78, 5) is 16.1. The molecule has 2 rings (SSSR count). The van der Waals surface area contributed by atoms with Gasteiger partial charge in [0.1, 0.15) is 11.6 Å². The summed E-state index contributed by atoms with van der Waals surface area (Å²) < 4.78 is 38.6. The lowest BCUT2D eigenvalue weighted by Crippen LogP contribution is -2.42. The van der Waals surface area contributed by atoms with Gasteiger partial charge in [0.2, 0.25) is 0 Å². The summed E-state index contributed by atoms with van der Waals surface area (Å²) >= 11 is 5.54. The van der Waals surface area contributed by atoms with Crippen molar-refractivity contribution in [3.8, 4) is 6.07 Å². The van der Waals surface area contributed by atoms with Crippen LogP contribution in [-0.2, 0) is 11.0 Å². The fourth-order valence-corrected chi connectivity index (χ4v) is 2.52. The number of halogens is 4. The van der Waals surface area contributed by atoms with Crippen LogP contribution in [0.2, 0.25) is 5.02 Å². The Balaban J connectivity index is 2.14. The van der Waals surface area contributed by atoms with Gasteiger partial charge in [-0.3, -0.25) is 4.79 Å². The molecule has 5 nitrogen and oxygen atoms in total. The Bertz CT molecular complexity index is 719. The topological polar surface area (TPSA) is 59.4 Å². The van der Waals surface area contributed by atoms with Gasteiger partial charge in [-0.15, -0.1) is 0 Å². The first-order valence-electron chi connectivity index (χ1n) is 7.43. The monoisotopic (exact) mass is 372 g/mol. The number of nitrogens with one attached hydrogen (secondary N) is 1. The third-order valence-electron chi connectivity index (χ3n) is 3.74. The Hall–Kier alpha value is -2.24. The Morgan fingerprint density at radius 3 is 2.52 bits per heavy atom. The van der Waals surface area contributed by atoms with Gasteiger partial charge in [0, 0.05) is 38.1 Å². The molecule has 1 saturated heterocycles. The van der Waals surface area contributed by atoms with E-state index >= 15 is 0 Å². The molecule has 1 aromatic rings. The fraction of sp³-hybridized carbons (Fsp3) is 0.375. The number of likely N-dealkylation sites (N-methyl/N-ethyl adjacent to an activating group) is 1. The van der Waals surface area contributed by atoms with Gasteiger partial charge in [0.05, 0.1) is 10.6 Å². The fourth-order valence-electron chi connectivity index (χ4n) is 2.29. The van der Waals surface area contributed by atoms with Crippen LogP contribution in [0.4, 0.5) is 18.9 Å². The quantitative estimate of drug-likeness (QED) is 0.654. The minimum atomic E-state index is -4.63. The van der Waals surface area contributed by atoms with E-state index in [-0.39, 0.29) is 11.3 Å². The summed E-state index contributed by atoms with van der Waals surface area (Å²) in [6, 6.07) is 4.83. The highest BCUT2D eigenvalue weighted by Crippen LogP contribution is 2.36. The number of hydrogen-bond acceptors (Lipinski definition) is 4. The van der Waals surface area contributed by atoms with Crippen LogP contribution in [-0.4, -0.2) is 48.9 Å². The molecule has 1 amide bonds. The van der Waals surface area contributed by atoms with E-state index in [0.717, 1.165) is 25.2 Å². The van der Waals surface area contributed by atoms with Crippen molar-refractivity contribution in [3.05, 3.63) is 40.6 Å². The van der Waals surface area contributed by atoms with Crippen LogP contribution >= 0.6 is 11.6 Å².